The number of primary amides is 1. The average Bonchev–Trinajstić information content (AvgIpc) is 2.72. The van der Waals surface area contributed by atoms with Crippen LogP contribution in [-0.4, -0.2) is 35.8 Å². The van der Waals surface area contributed by atoms with Crippen molar-refractivity contribution in [3.8, 4) is 0 Å². The van der Waals surface area contributed by atoms with Crippen molar-refractivity contribution in [2.24, 2.45) is 11.7 Å². The Balaban J connectivity index is 1.47. The van der Waals surface area contributed by atoms with Crippen molar-refractivity contribution in [2.75, 3.05) is 13.1 Å². The normalized spacial score (nSPS) is 14.5. The highest BCUT2D eigenvalue weighted by atomic mass is 19.1. The van der Waals surface area contributed by atoms with Crippen LogP contribution in [0.2, 0.25) is 0 Å². The summed E-state index contributed by atoms with van der Waals surface area (Å²) >= 11 is 0. The van der Waals surface area contributed by atoms with E-state index in [1.54, 1.807) is 29.2 Å². The lowest BCUT2D eigenvalue weighted by Crippen LogP contribution is -2.40. The van der Waals surface area contributed by atoms with Gasteiger partial charge in [0.15, 0.2) is 0 Å². The van der Waals surface area contributed by atoms with Gasteiger partial charge in [0.2, 0.25) is 5.91 Å². The summed E-state index contributed by atoms with van der Waals surface area (Å²) in [6, 6.07) is 12.0. The van der Waals surface area contributed by atoms with Gasteiger partial charge in [0, 0.05) is 24.2 Å². The van der Waals surface area contributed by atoms with Crippen molar-refractivity contribution >= 4 is 17.8 Å². The summed E-state index contributed by atoms with van der Waals surface area (Å²) in [6.07, 6.45) is 1.04. The number of likely N-dealkylation sites (tertiary alicyclic amines) is 1. The van der Waals surface area contributed by atoms with Gasteiger partial charge in [0.1, 0.15) is 12.4 Å². The number of piperidine rings is 1. The largest absolute Gasteiger partial charge is 0.461 e. The van der Waals surface area contributed by atoms with Gasteiger partial charge in [-0.25, -0.2) is 4.39 Å². The van der Waals surface area contributed by atoms with E-state index in [2.05, 4.69) is 0 Å². The van der Waals surface area contributed by atoms with Crippen molar-refractivity contribution in [1.29, 1.82) is 0 Å². The highest BCUT2D eigenvalue weighted by Gasteiger charge is 2.28. The molecule has 0 atom stereocenters. The van der Waals surface area contributed by atoms with Crippen LogP contribution < -0.4 is 5.73 Å². The molecule has 1 aliphatic heterocycles. The predicted molar refractivity (Wildman–Crippen MR) is 99.8 cm³/mol. The Labute approximate surface area is 162 Å². The zero-order valence-electron chi connectivity index (χ0n) is 15.3. The molecule has 1 saturated heterocycles. The molecule has 2 amide bonds. The summed E-state index contributed by atoms with van der Waals surface area (Å²) in [7, 11) is 0. The van der Waals surface area contributed by atoms with E-state index in [4.69, 9.17) is 10.5 Å². The third kappa shape index (κ3) is 4.73. The molecular weight excluding hydrogens is 363 g/mol. The quantitative estimate of drug-likeness (QED) is 0.802. The van der Waals surface area contributed by atoms with Gasteiger partial charge < -0.3 is 15.4 Å². The molecule has 1 fully saturated rings. The maximum Gasteiger partial charge on any atom is 0.309 e. The van der Waals surface area contributed by atoms with Crippen molar-refractivity contribution < 1.29 is 23.5 Å². The Hall–Kier alpha value is -3.22. The third-order valence-corrected chi connectivity index (χ3v) is 4.83. The molecular formula is C21H21FN2O4. The average molecular weight is 384 g/mol. The van der Waals surface area contributed by atoms with E-state index < -0.39 is 5.91 Å². The fourth-order valence-corrected chi connectivity index (χ4v) is 3.13. The predicted octanol–water partition coefficient (Wildman–Crippen LogP) is 2.52. The maximum absolute atomic E-state index is 13.0. The van der Waals surface area contributed by atoms with Gasteiger partial charge in [-0.15, -0.1) is 0 Å². The molecule has 1 aliphatic rings. The number of rotatable bonds is 5. The summed E-state index contributed by atoms with van der Waals surface area (Å²) in [5.74, 6) is -1.62. The van der Waals surface area contributed by atoms with Crippen molar-refractivity contribution in [3.05, 3.63) is 71.0 Å². The summed E-state index contributed by atoms with van der Waals surface area (Å²) in [5, 5.41) is 0. The van der Waals surface area contributed by atoms with Crippen LogP contribution in [0.25, 0.3) is 0 Å². The minimum absolute atomic E-state index is 0.118. The fourth-order valence-electron chi connectivity index (χ4n) is 3.13. The van der Waals surface area contributed by atoms with Gasteiger partial charge in [-0.05, 0) is 54.8 Å². The molecule has 7 heteroatoms. The van der Waals surface area contributed by atoms with Crippen LogP contribution in [0.3, 0.4) is 0 Å². The molecule has 6 nitrogen and oxygen atoms in total. The van der Waals surface area contributed by atoms with Gasteiger partial charge in [0.25, 0.3) is 5.91 Å². The first-order valence-corrected chi connectivity index (χ1v) is 9.04. The van der Waals surface area contributed by atoms with Gasteiger partial charge in [-0.2, -0.15) is 0 Å². The number of nitrogens with zero attached hydrogens (tertiary/aromatic N) is 1. The molecule has 28 heavy (non-hydrogen) atoms. The molecule has 0 unspecified atom stereocenters. The number of hydrogen-bond donors (Lipinski definition) is 1. The van der Waals surface area contributed by atoms with Gasteiger partial charge in [-0.1, -0.05) is 12.1 Å². The molecule has 1 heterocycles. The number of hydrogen-bond acceptors (Lipinski definition) is 4. The molecule has 0 aliphatic carbocycles. The third-order valence-electron chi connectivity index (χ3n) is 4.83. The zero-order chi connectivity index (χ0) is 20.1. The Bertz CT molecular complexity index is 857. The first kappa shape index (κ1) is 19.5. The van der Waals surface area contributed by atoms with Crippen LogP contribution in [0.1, 0.15) is 39.1 Å². The molecule has 0 saturated carbocycles. The van der Waals surface area contributed by atoms with Gasteiger partial charge in [-0.3, -0.25) is 14.4 Å². The van der Waals surface area contributed by atoms with Crippen LogP contribution in [0.15, 0.2) is 48.5 Å². The topological polar surface area (TPSA) is 89.7 Å². The van der Waals surface area contributed by atoms with E-state index in [1.165, 1.54) is 24.3 Å². The second-order valence-electron chi connectivity index (χ2n) is 6.74. The first-order chi connectivity index (χ1) is 13.4. The molecule has 146 valence electrons. The van der Waals surface area contributed by atoms with Crippen LogP contribution in [0.4, 0.5) is 4.39 Å². The summed E-state index contributed by atoms with van der Waals surface area (Å²) in [6.45, 7) is 1.01. The summed E-state index contributed by atoms with van der Waals surface area (Å²) in [5.41, 5.74) is 6.79. The molecule has 2 aromatic rings. The van der Waals surface area contributed by atoms with Gasteiger partial charge in [0.05, 0.1) is 5.92 Å². The van der Waals surface area contributed by atoms with Crippen LogP contribution in [-0.2, 0) is 16.1 Å². The Morgan fingerprint density at radius 1 is 0.964 bits per heavy atom. The monoisotopic (exact) mass is 384 g/mol. The number of esters is 1. The van der Waals surface area contributed by atoms with E-state index in [0.717, 1.165) is 5.56 Å². The number of nitrogens with two attached hydrogens (primary N) is 1. The lowest BCUT2D eigenvalue weighted by atomic mass is 9.96. The summed E-state index contributed by atoms with van der Waals surface area (Å²) < 4.78 is 18.3. The van der Waals surface area contributed by atoms with Crippen LogP contribution >= 0.6 is 0 Å². The number of ether oxygens (including phenoxy) is 1. The SMILES string of the molecule is NC(=O)c1ccc(COC(=O)C2CCN(C(=O)c3ccc(F)cc3)CC2)cc1. The number of halogens is 1. The minimum Gasteiger partial charge on any atom is -0.461 e. The molecule has 0 spiro atoms. The van der Waals surface area contributed by atoms with Crippen molar-refractivity contribution in [2.45, 2.75) is 19.4 Å². The van der Waals surface area contributed by atoms with Crippen molar-refractivity contribution in [3.63, 3.8) is 0 Å². The second-order valence-corrected chi connectivity index (χ2v) is 6.74. The van der Waals surface area contributed by atoms with E-state index in [1.807, 2.05) is 0 Å². The Kier molecular flexibility index (Phi) is 6.03. The van der Waals surface area contributed by atoms with E-state index in [9.17, 15) is 18.8 Å². The highest BCUT2D eigenvalue weighted by molar-refractivity contribution is 5.94. The lowest BCUT2D eigenvalue weighted by molar-refractivity contribution is -0.151. The number of carbonyl (C=O) groups excluding carboxylic acids is 3. The minimum atomic E-state index is -0.509. The Morgan fingerprint density at radius 3 is 2.11 bits per heavy atom. The molecule has 2 N–H and O–H groups in total. The van der Waals surface area contributed by atoms with Crippen LogP contribution in [0.5, 0.6) is 0 Å². The fraction of sp³-hybridized carbons (Fsp3) is 0.286. The molecule has 0 bridgehead atoms. The highest BCUT2D eigenvalue weighted by Crippen LogP contribution is 2.21. The molecule has 0 aromatic heterocycles. The number of carbonyl (C=O) groups is 3. The first-order valence-electron chi connectivity index (χ1n) is 9.04. The lowest BCUT2D eigenvalue weighted by Gasteiger charge is -2.31. The van der Waals surface area contributed by atoms with E-state index in [0.29, 0.717) is 37.1 Å². The molecule has 3 rings (SSSR count). The molecule has 2 aromatic carbocycles. The number of amides is 2. The van der Waals surface area contributed by atoms with Gasteiger partial charge >= 0.3 is 5.97 Å². The van der Waals surface area contributed by atoms with E-state index >= 15 is 0 Å². The maximum atomic E-state index is 13.0. The standard InChI is InChI=1S/C21H21FN2O4/c22-18-7-5-16(6-8-18)20(26)24-11-9-17(10-12-24)21(27)28-13-14-1-3-15(4-2-14)19(23)25/h1-8,17H,9-13H2,(H2,23,25). The zero-order valence-corrected chi connectivity index (χ0v) is 15.3. The van der Waals surface area contributed by atoms with Crippen LogP contribution in [0, 0.1) is 11.7 Å². The van der Waals surface area contributed by atoms with Crippen molar-refractivity contribution in [1.82, 2.24) is 4.90 Å². The number of benzene rings is 2. The molecule has 0 radical (unpaired) electrons. The summed E-state index contributed by atoms with van der Waals surface area (Å²) in [4.78, 5) is 37.4. The second kappa shape index (κ2) is 8.65. The Morgan fingerprint density at radius 2 is 1.54 bits per heavy atom. The van der Waals surface area contributed by atoms with E-state index in [-0.39, 0.29) is 30.2 Å². The smallest absolute Gasteiger partial charge is 0.309 e.